The molecule has 0 aromatic carbocycles. The number of hydrogen-bond donors (Lipinski definition) is 6. The molecule has 9 heteroatoms. The third-order valence-electron chi connectivity index (χ3n) is 9.02. The highest BCUT2D eigenvalue weighted by atomic mass is 16.7. The Bertz CT molecular complexity index is 667. The molecule has 1 fully saturated rings. The zero-order chi connectivity index (χ0) is 32.4. The Morgan fingerprint density at radius 2 is 1.11 bits per heavy atom. The van der Waals surface area contributed by atoms with Crippen molar-refractivity contribution in [1.29, 1.82) is 0 Å². The first-order valence-electron chi connectivity index (χ1n) is 18.2. The van der Waals surface area contributed by atoms with Crippen LogP contribution in [-0.2, 0) is 14.3 Å². The molecular weight excluding hydrogens is 562 g/mol. The second-order valence-electron chi connectivity index (χ2n) is 13.0. The minimum atomic E-state index is -1.54. The predicted octanol–water partition coefficient (Wildman–Crippen LogP) is 5.66. The highest BCUT2D eigenvalue weighted by Gasteiger charge is 2.44. The summed E-state index contributed by atoms with van der Waals surface area (Å²) in [5, 5.41) is 53.0. The van der Waals surface area contributed by atoms with Gasteiger partial charge in [0.25, 0.3) is 0 Å². The minimum absolute atomic E-state index is 0.144. The smallest absolute Gasteiger partial charge is 0.220 e. The van der Waals surface area contributed by atoms with E-state index in [0.717, 1.165) is 19.3 Å². The van der Waals surface area contributed by atoms with Gasteiger partial charge < -0.3 is 40.3 Å². The Morgan fingerprint density at radius 3 is 1.52 bits per heavy atom. The maximum absolute atomic E-state index is 12.0. The number of carbonyl (C=O) groups is 1. The second kappa shape index (κ2) is 27.3. The molecule has 0 aliphatic carbocycles. The van der Waals surface area contributed by atoms with Gasteiger partial charge in [-0.3, -0.25) is 4.79 Å². The topological polar surface area (TPSA) is 149 Å². The van der Waals surface area contributed by atoms with E-state index in [4.69, 9.17) is 9.47 Å². The normalized spacial score (nSPS) is 23.5. The van der Waals surface area contributed by atoms with Crippen LogP contribution in [0.5, 0.6) is 0 Å². The molecule has 44 heavy (non-hydrogen) atoms. The summed E-state index contributed by atoms with van der Waals surface area (Å²) in [5.74, 6) is -0.231. The van der Waals surface area contributed by atoms with Gasteiger partial charge >= 0.3 is 0 Å². The lowest BCUT2D eigenvalue weighted by Crippen LogP contribution is -2.60. The average molecular weight is 632 g/mol. The quantitative estimate of drug-likeness (QED) is 0.0580. The van der Waals surface area contributed by atoms with Crippen LogP contribution in [0.1, 0.15) is 162 Å². The lowest BCUT2D eigenvalue weighted by Gasteiger charge is -2.40. The molecule has 0 bridgehead atoms. The van der Waals surface area contributed by atoms with Gasteiger partial charge in [-0.25, -0.2) is 0 Å². The summed E-state index contributed by atoms with van der Waals surface area (Å²) in [6, 6.07) is -0.708. The molecule has 1 aliphatic heterocycles. The van der Waals surface area contributed by atoms with E-state index in [9.17, 15) is 30.3 Å². The van der Waals surface area contributed by atoms with Crippen LogP contribution in [0.15, 0.2) is 0 Å². The molecule has 0 spiro atoms. The van der Waals surface area contributed by atoms with Crippen LogP contribution >= 0.6 is 0 Å². The average Bonchev–Trinajstić information content (AvgIpc) is 3.03. The van der Waals surface area contributed by atoms with Crippen molar-refractivity contribution in [2.24, 2.45) is 0 Å². The van der Waals surface area contributed by atoms with Gasteiger partial charge in [-0.05, 0) is 6.42 Å². The molecule has 262 valence electrons. The highest BCUT2D eigenvalue weighted by molar-refractivity contribution is 5.75. The molecule has 1 aliphatic rings. The van der Waals surface area contributed by atoms with Gasteiger partial charge in [0.1, 0.15) is 24.4 Å². The fourth-order valence-corrected chi connectivity index (χ4v) is 5.95. The molecule has 1 amide bonds. The van der Waals surface area contributed by atoms with Gasteiger partial charge in [0.2, 0.25) is 5.91 Å². The number of ether oxygens (including phenoxy) is 2. The summed E-state index contributed by atoms with van der Waals surface area (Å²) in [6.07, 6.45) is 20.6. The molecule has 9 nitrogen and oxygen atoms in total. The first-order chi connectivity index (χ1) is 21.3. The molecule has 1 rings (SSSR count). The fraction of sp³-hybridized carbons (Fsp3) is 0.971. The van der Waals surface area contributed by atoms with Crippen LogP contribution in [0, 0.1) is 0 Å². The third-order valence-corrected chi connectivity index (χ3v) is 9.02. The first kappa shape index (κ1) is 41.2. The molecule has 1 saturated heterocycles. The maximum atomic E-state index is 12.0. The van der Waals surface area contributed by atoms with Crippen LogP contribution in [0.25, 0.3) is 0 Å². The van der Waals surface area contributed by atoms with Crippen LogP contribution in [-0.4, -0.2) is 87.5 Å². The van der Waals surface area contributed by atoms with E-state index in [1.165, 1.54) is 116 Å². The molecule has 0 aromatic heterocycles. The van der Waals surface area contributed by atoms with Crippen molar-refractivity contribution in [3.05, 3.63) is 0 Å². The maximum Gasteiger partial charge on any atom is 0.220 e. The van der Waals surface area contributed by atoms with E-state index in [2.05, 4.69) is 12.2 Å². The predicted molar refractivity (Wildman–Crippen MR) is 175 cm³/mol. The van der Waals surface area contributed by atoms with Crippen LogP contribution in [0.2, 0.25) is 0 Å². The SMILES string of the molecule is CCCCCCCCCCCCCCCCCCCCCCCC(O)C(COC1OC(CO)C(O)C(O)C1O)NC(=O)CC. The molecule has 6 N–H and O–H groups in total. The Hall–Kier alpha value is -0.810. The number of carbonyl (C=O) groups excluding carboxylic acids is 1. The number of aliphatic hydroxyl groups excluding tert-OH is 5. The fourth-order valence-electron chi connectivity index (χ4n) is 5.95. The molecular formula is C35H69NO8. The van der Waals surface area contributed by atoms with E-state index < -0.39 is 49.5 Å². The van der Waals surface area contributed by atoms with Crippen molar-refractivity contribution < 1.29 is 39.8 Å². The van der Waals surface area contributed by atoms with Gasteiger partial charge in [0.15, 0.2) is 6.29 Å². The lowest BCUT2D eigenvalue weighted by molar-refractivity contribution is -0.302. The third kappa shape index (κ3) is 19.0. The molecule has 0 radical (unpaired) electrons. The number of nitrogens with one attached hydrogen (secondary N) is 1. The van der Waals surface area contributed by atoms with E-state index in [1.54, 1.807) is 6.92 Å². The number of unbranched alkanes of at least 4 members (excludes halogenated alkanes) is 20. The first-order valence-corrected chi connectivity index (χ1v) is 18.2. The Morgan fingerprint density at radius 1 is 0.682 bits per heavy atom. The molecule has 1 heterocycles. The van der Waals surface area contributed by atoms with Crippen molar-refractivity contribution in [3.63, 3.8) is 0 Å². The summed E-state index contributed by atoms with van der Waals surface area (Å²) >= 11 is 0. The summed E-state index contributed by atoms with van der Waals surface area (Å²) in [4.78, 5) is 12.0. The number of aliphatic hydroxyl groups is 5. The van der Waals surface area contributed by atoms with Crippen molar-refractivity contribution in [2.45, 2.75) is 204 Å². The zero-order valence-electron chi connectivity index (χ0n) is 28.2. The monoisotopic (exact) mass is 632 g/mol. The Kier molecular flexibility index (Phi) is 25.6. The van der Waals surface area contributed by atoms with Gasteiger partial charge in [-0.2, -0.15) is 0 Å². The Labute approximate surface area is 268 Å². The molecule has 7 unspecified atom stereocenters. The standard InChI is InChI=1S/C35H69NO8/c1-3-5-6-7-8-9-10-11-12-13-14-15-16-17-18-19-20-21-22-23-24-25-29(38)28(36-31(39)4-2)27-43-35-34(42)33(41)32(40)30(26-37)44-35/h28-30,32-35,37-38,40-42H,3-27H2,1-2H3,(H,36,39). The van der Waals surface area contributed by atoms with Crippen molar-refractivity contribution in [3.8, 4) is 0 Å². The minimum Gasteiger partial charge on any atom is -0.394 e. The molecule has 0 saturated carbocycles. The lowest BCUT2D eigenvalue weighted by atomic mass is 9.99. The Balaban J connectivity index is 2.07. The zero-order valence-corrected chi connectivity index (χ0v) is 28.2. The summed E-state index contributed by atoms with van der Waals surface area (Å²) in [6.45, 7) is 3.30. The van der Waals surface area contributed by atoms with E-state index in [1.807, 2.05) is 0 Å². The molecule has 7 atom stereocenters. The number of amides is 1. The second-order valence-corrected chi connectivity index (χ2v) is 13.0. The van der Waals surface area contributed by atoms with Crippen LogP contribution < -0.4 is 5.32 Å². The number of hydrogen-bond acceptors (Lipinski definition) is 8. The van der Waals surface area contributed by atoms with Crippen molar-refractivity contribution in [1.82, 2.24) is 5.32 Å². The summed E-state index contributed by atoms with van der Waals surface area (Å²) < 4.78 is 11.0. The van der Waals surface area contributed by atoms with Crippen molar-refractivity contribution in [2.75, 3.05) is 13.2 Å². The largest absolute Gasteiger partial charge is 0.394 e. The van der Waals surface area contributed by atoms with Crippen LogP contribution in [0.3, 0.4) is 0 Å². The summed E-state index contributed by atoms with van der Waals surface area (Å²) in [5.41, 5.74) is 0. The van der Waals surface area contributed by atoms with E-state index in [0.29, 0.717) is 6.42 Å². The van der Waals surface area contributed by atoms with E-state index in [-0.39, 0.29) is 18.9 Å². The van der Waals surface area contributed by atoms with Gasteiger partial charge in [0.05, 0.1) is 25.4 Å². The van der Waals surface area contributed by atoms with Gasteiger partial charge in [0, 0.05) is 6.42 Å². The van der Waals surface area contributed by atoms with E-state index >= 15 is 0 Å². The molecule has 0 aromatic rings. The number of rotatable bonds is 29. The highest BCUT2D eigenvalue weighted by Crippen LogP contribution is 2.23. The van der Waals surface area contributed by atoms with Gasteiger partial charge in [-0.1, -0.05) is 149 Å². The van der Waals surface area contributed by atoms with Crippen LogP contribution in [0.4, 0.5) is 0 Å². The van der Waals surface area contributed by atoms with Gasteiger partial charge in [-0.15, -0.1) is 0 Å². The summed E-state index contributed by atoms with van der Waals surface area (Å²) in [7, 11) is 0. The van der Waals surface area contributed by atoms with Crippen molar-refractivity contribution >= 4 is 5.91 Å².